The maximum atomic E-state index is 12.9. The highest BCUT2D eigenvalue weighted by Gasteiger charge is 2.21. The number of anilines is 2. The van der Waals surface area contributed by atoms with Crippen LogP contribution in [0.25, 0.3) is 5.69 Å². The fourth-order valence-electron chi connectivity index (χ4n) is 2.78. The van der Waals surface area contributed by atoms with Crippen molar-refractivity contribution in [1.82, 2.24) is 4.57 Å². The zero-order chi connectivity index (χ0) is 21.0. The molecule has 0 unspecified atom stereocenters. The summed E-state index contributed by atoms with van der Waals surface area (Å²) in [4.78, 5) is 13.2. The van der Waals surface area contributed by atoms with Gasteiger partial charge in [0, 0.05) is 6.07 Å². The van der Waals surface area contributed by atoms with E-state index in [1.807, 2.05) is 19.1 Å². The second-order valence-electron chi connectivity index (χ2n) is 5.84. The normalized spacial score (nSPS) is 10.4. The van der Waals surface area contributed by atoms with Gasteiger partial charge in [-0.25, -0.2) is 0 Å². The first-order chi connectivity index (χ1) is 14.0. The van der Waals surface area contributed by atoms with E-state index in [0.717, 1.165) is 11.3 Å². The number of rotatable bonds is 7. The SMILES string of the molecule is CCOc1ccccc1NC(=O)c1sc(=S)n(-c2cc(OC)ccc2OC)c1N. The highest BCUT2D eigenvalue weighted by atomic mass is 32.1. The Bertz CT molecular complexity index is 1090. The molecule has 0 atom stereocenters. The van der Waals surface area contributed by atoms with Crippen LogP contribution in [0.4, 0.5) is 11.5 Å². The van der Waals surface area contributed by atoms with Gasteiger partial charge < -0.3 is 25.3 Å². The number of amides is 1. The molecular formula is C20H21N3O4S2. The monoisotopic (exact) mass is 431 g/mol. The minimum absolute atomic E-state index is 0.220. The molecule has 3 N–H and O–H groups in total. The van der Waals surface area contributed by atoms with Gasteiger partial charge in [0.05, 0.1) is 32.2 Å². The molecule has 0 aliphatic carbocycles. The molecule has 1 heterocycles. The molecule has 0 fully saturated rings. The Morgan fingerprint density at radius 1 is 1.17 bits per heavy atom. The van der Waals surface area contributed by atoms with E-state index < -0.39 is 0 Å². The molecule has 2 aromatic carbocycles. The number of nitrogens with one attached hydrogen (secondary N) is 1. The molecule has 0 saturated heterocycles. The number of carbonyl (C=O) groups is 1. The van der Waals surface area contributed by atoms with E-state index in [9.17, 15) is 4.79 Å². The van der Waals surface area contributed by atoms with Crippen molar-refractivity contribution >= 4 is 41.0 Å². The Labute approximate surface area is 177 Å². The predicted octanol–water partition coefficient (Wildman–Crippen LogP) is 4.52. The zero-order valence-corrected chi connectivity index (χ0v) is 17.9. The Morgan fingerprint density at radius 3 is 2.62 bits per heavy atom. The van der Waals surface area contributed by atoms with Crippen molar-refractivity contribution in [3.8, 4) is 22.9 Å². The first kappa shape index (κ1) is 20.7. The Morgan fingerprint density at radius 2 is 1.93 bits per heavy atom. The number of aromatic nitrogens is 1. The van der Waals surface area contributed by atoms with Crippen molar-refractivity contribution in [2.75, 3.05) is 31.9 Å². The lowest BCUT2D eigenvalue weighted by Crippen LogP contribution is -2.14. The summed E-state index contributed by atoms with van der Waals surface area (Å²) < 4.78 is 18.3. The van der Waals surface area contributed by atoms with E-state index in [1.165, 1.54) is 0 Å². The minimum atomic E-state index is -0.369. The number of hydrogen-bond acceptors (Lipinski definition) is 7. The van der Waals surface area contributed by atoms with Crippen molar-refractivity contribution in [1.29, 1.82) is 0 Å². The zero-order valence-electron chi connectivity index (χ0n) is 16.2. The molecule has 3 aromatic rings. The van der Waals surface area contributed by atoms with Crippen molar-refractivity contribution in [2.45, 2.75) is 6.92 Å². The number of ether oxygens (including phenoxy) is 3. The van der Waals surface area contributed by atoms with E-state index in [4.69, 9.17) is 32.2 Å². The summed E-state index contributed by atoms with van der Waals surface area (Å²) in [6.07, 6.45) is 0. The van der Waals surface area contributed by atoms with Crippen molar-refractivity contribution in [3.05, 3.63) is 51.3 Å². The van der Waals surface area contributed by atoms with Crippen LogP contribution >= 0.6 is 23.6 Å². The van der Waals surface area contributed by atoms with Gasteiger partial charge in [-0.05, 0) is 43.4 Å². The number of nitrogen functional groups attached to an aromatic ring is 1. The van der Waals surface area contributed by atoms with Gasteiger partial charge in [-0.1, -0.05) is 23.5 Å². The van der Waals surface area contributed by atoms with Crippen LogP contribution < -0.4 is 25.3 Å². The van der Waals surface area contributed by atoms with Crippen molar-refractivity contribution in [3.63, 3.8) is 0 Å². The highest BCUT2D eigenvalue weighted by Crippen LogP contribution is 2.34. The molecule has 3 rings (SSSR count). The van der Waals surface area contributed by atoms with Crippen molar-refractivity contribution in [2.24, 2.45) is 0 Å². The van der Waals surface area contributed by atoms with E-state index in [2.05, 4.69) is 5.32 Å². The molecule has 152 valence electrons. The van der Waals surface area contributed by atoms with E-state index in [0.29, 0.717) is 44.1 Å². The van der Waals surface area contributed by atoms with Crippen LogP contribution in [0, 0.1) is 3.95 Å². The Balaban J connectivity index is 2.01. The number of carbonyl (C=O) groups excluding carboxylic acids is 1. The average Bonchev–Trinajstić information content (AvgIpc) is 3.03. The van der Waals surface area contributed by atoms with Gasteiger partial charge in [-0.2, -0.15) is 0 Å². The number of methoxy groups -OCH3 is 2. The molecule has 9 heteroatoms. The summed E-state index contributed by atoms with van der Waals surface area (Å²) in [5, 5.41) is 2.85. The maximum Gasteiger partial charge on any atom is 0.269 e. The first-order valence-electron chi connectivity index (χ1n) is 8.77. The molecule has 1 amide bonds. The highest BCUT2D eigenvalue weighted by molar-refractivity contribution is 7.73. The van der Waals surface area contributed by atoms with Crippen LogP contribution in [0.5, 0.6) is 17.2 Å². The van der Waals surface area contributed by atoms with Crippen LogP contribution in [0.1, 0.15) is 16.6 Å². The smallest absolute Gasteiger partial charge is 0.269 e. The lowest BCUT2D eigenvalue weighted by atomic mass is 10.2. The van der Waals surface area contributed by atoms with Crippen LogP contribution in [-0.2, 0) is 0 Å². The molecule has 29 heavy (non-hydrogen) atoms. The fraction of sp³-hybridized carbons (Fsp3) is 0.200. The molecule has 0 radical (unpaired) electrons. The summed E-state index contributed by atoms with van der Waals surface area (Å²) in [6, 6.07) is 12.5. The molecule has 0 aliphatic heterocycles. The summed E-state index contributed by atoms with van der Waals surface area (Å²) >= 11 is 6.60. The number of para-hydroxylation sites is 2. The fourth-order valence-corrected chi connectivity index (χ4v) is 4.03. The lowest BCUT2D eigenvalue weighted by molar-refractivity contribution is 0.103. The third-order valence-electron chi connectivity index (χ3n) is 4.11. The maximum absolute atomic E-state index is 12.9. The number of nitrogens with two attached hydrogens (primary N) is 1. The number of benzene rings is 2. The second kappa shape index (κ2) is 8.97. The van der Waals surface area contributed by atoms with Crippen LogP contribution in [0.15, 0.2) is 42.5 Å². The van der Waals surface area contributed by atoms with Crippen LogP contribution in [0.2, 0.25) is 0 Å². The van der Waals surface area contributed by atoms with E-state index in [-0.39, 0.29) is 11.7 Å². The molecule has 7 nitrogen and oxygen atoms in total. The predicted molar refractivity (Wildman–Crippen MR) is 118 cm³/mol. The number of thiazole rings is 1. The van der Waals surface area contributed by atoms with Crippen molar-refractivity contribution < 1.29 is 19.0 Å². The molecule has 1 aromatic heterocycles. The van der Waals surface area contributed by atoms with Crippen LogP contribution in [-0.4, -0.2) is 31.3 Å². The molecule has 0 bridgehead atoms. The van der Waals surface area contributed by atoms with Gasteiger partial charge in [-0.3, -0.25) is 9.36 Å². The summed E-state index contributed by atoms with van der Waals surface area (Å²) in [5.41, 5.74) is 7.48. The van der Waals surface area contributed by atoms with Gasteiger partial charge in [-0.15, -0.1) is 0 Å². The third-order valence-corrected chi connectivity index (χ3v) is 5.50. The number of hydrogen-bond donors (Lipinski definition) is 2. The standard InChI is InChI=1S/C20H21N3O4S2/c1-4-27-15-8-6-5-7-13(15)22-19(24)17-18(21)23(20(28)29-17)14-11-12(25-2)9-10-16(14)26-3/h5-11H,4,21H2,1-3H3,(H,22,24). The van der Waals surface area contributed by atoms with Gasteiger partial charge in [0.2, 0.25) is 0 Å². The van der Waals surface area contributed by atoms with Gasteiger partial charge in [0.25, 0.3) is 5.91 Å². The van der Waals surface area contributed by atoms with Gasteiger partial charge >= 0.3 is 0 Å². The first-order valence-corrected chi connectivity index (χ1v) is 9.99. The topological polar surface area (TPSA) is 87.7 Å². The quantitative estimate of drug-likeness (QED) is 0.535. The summed E-state index contributed by atoms with van der Waals surface area (Å²) in [5.74, 6) is 1.61. The molecular weight excluding hydrogens is 410 g/mol. The molecule has 0 saturated carbocycles. The minimum Gasteiger partial charge on any atom is -0.497 e. The Kier molecular flexibility index (Phi) is 6.40. The summed E-state index contributed by atoms with van der Waals surface area (Å²) in [7, 11) is 3.12. The average molecular weight is 432 g/mol. The largest absolute Gasteiger partial charge is 0.497 e. The summed E-state index contributed by atoms with van der Waals surface area (Å²) in [6.45, 7) is 2.36. The Hall–Kier alpha value is -3.04. The number of nitrogens with zero attached hydrogens (tertiary/aromatic N) is 1. The van der Waals surface area contributed by atoms with Crippen LogP contribution in [0.3, 0.4) is 0 Å². The third kappa shape index (κ3) is 4.20. The van der Waals surface area contributed by atoms with E-state index in [1.54, 1.807) is 49.1 Å². The second-order valence-corrected chi connectivity index (χ2v) is 7.48. The van der Waals surface area contributed by atoms with E-state index >= 15 is 0 Å². The molecule has 0 aliphatic rings. The lowest BCUT2D eigenvalue weighted by Gasteiger charge is -2.13. The van der Waals surface area contributed by atoms with Gasteiger partial charge in [0.1, 0.15) is 27.9 Å². The van der Waals surface area contributed by atoms with Gasteiger partial charge in [0.15, 0.2) is 3.95 Å². The molecule has 0 spiro atoms.